The molecule has 1 aliphatic rings. The second kappa shape index (κ2) is 8.76. The molecule has 0 bridgehead atoms. The van der Waals surface area contributed by atoms with Gasteiger partial charge >= 0.3 is 0 Å². The SMILES string of the molecule is Nc1cnc(-c2ccc(S(=O)(=O)N(CCN3CCCC3)c3cccnc3)cc2)cn1. The third kappa shape index (κ3) is 4.42. The number of anilines is 2. The van der Waals surface area contributed by atoms with Crippen LogP contribution in [0.25, 0.3) is 11.3 Å². The number of hydrogen-bond acceptors (Lipinski definition) is 7. The Morgan fingerprint density at radius 2 is 1.77 bits per heavy atom. The number of nitrogens with two attached hydrogens (primary N) is 1. The highest BCUT2D eigenvalue weighted by atomic mass is 32.2. The first-order valence-corrected chi connectivity index (χ1v) is 11.3. The predicted octanol–water partition coefficient (Wildman–Crippen LogP) is 2.41. The minimum Gasteiger partial charge on any atom is -0.382 e. The lowest BCUT2D eigenvalue weighted by molar-refractivity contribution is 0.349. The van der Waals surface area contributed by atoms with Crippen LogP contribution in [0.15, 0.2) is 66.1 Å². The van der Waals surface area contributed by atoms with Crippen molar-refractivity contribution in [1.82, 2.24) is 19.9 Å². The molecule has 1 aromatic carbocycles. The molecule has 9 heteroatoms. The smallest absolute Gasteiger partial charge is 0.264 e. The number of likely N-dealkylation sites (tertiary alicyclic amines) is 1. The zero-order valence-corrected chi connectivity index (χ0v) is 17.4. The monoisotopic (exact) mass is 424 g/mol. The lowest BCUT2D eigenvalue weighted by Gasteiger charge is -2.26. The zero-order chi connectivity index (χ0) is 21.0. The molecule has 1 saturated heterocycles. The number of benzene rings is 1. The third-order valence-corrected chi connectivity index (χ3v) is 7.00. The highest BCUT2D eigenvalue weighted by Crippen LogP contribution is 2.25. The average Bonchev–Trinajstić information content (AvgIpc) is 3.29. The van der Waals surface area contributed by atoms with E-state index in [0.29, 0.717) is 30.3 Å². The van der Waals surface area contributed by atoms with Crippen molar-refractivity contribution in [2.45, 2.75) is 17.7 Å². The number of pyridine rings is 1. The van der Waals surface area contributed by atoms with Crippen molar-refractivity contribution in [1.29, 1.82) is 0 Å². The Morgan fingerprint density at radius 3 is 2.40 bits per heavy atom. The van der Waals surface area contributed by atoms with Crippen molar-refractivity contribution in [3.63, 3.8) is 0 Å². The van der Waals surface area contributed by atoms with Crippen LogP contribution in [0.1, 0.15) is 12.8 Å². The van der Waals surface area contributed by atoms with Crippen LogP contribution in [-0.4, -0.2) is 54.4 Å². The average molecular weight is 425 g/mol. The number of sulfonamides is 1. The fraction of sp³-hybridized carbons (Fsp3) is 0.286. The summed E-state index contributed by atoms with van der Waals surface area (Å²) in [5.41, 5.74) is 7.54. The molecule has 0 radical (unpaired) electrons. The molecule has 0 unspecified atom stereocenters. The molecule has 4 rings (SSSR count). The summed E-state index contributed by atoms with van der Waals surface area (Å²) in [7, 11) is -3.74. The second-order valence-electron chi connectivity index (χ2n) is 7.19. The fourth-order valence-corrected chi connectivity index (χ4v) is 4.98. The Kier molecular flexibility index (Phi) is 5.91. The number of hydrogen-bond donors (Lipinski definition) is 1. The maximum Gasteiger partial charge on any atom is 0.264 e. The molecule has 1 fully saturated rings. The van der Waals surface area contributed by atoms with Gasteiger partial charge in [0, 0.05) is 24.8 Å². The van der Waals surface area contributed by atoms with E-state index < -0.39 is 10.0 Å². The number of aromatic nitrogens is 3. The van der Waals surface area contributed by atoms with Crippen molar-refractivity contribution in [2.75, 3.05) is 36.2 Å². The van der Waals surface area contributed by atoms with E-state index in [1.165, 1.54) is 10.5 Å². The molecular weight excluding hydrogens is 400 g/mol. The largest absolute Gasteiger partial charge is 0.382 e. The standard InChI is InChI=1S/C21H24N6O2S/c22-21-16-24-20(15-25-21)17-5-7-19(8-6-17)30(28,29)27(18-4-3-9-23-14-18)13-12-26-10-1-2-11-26/h3-9,14-16H,1-2,10-13H2,(H2,22,25). The van der Waals surface area contributed by atoms with E-state index in [1.807, 2.05) is 0 Å². The molecule has 0 atom stereocenters. The van der Waals surface area contributed by atoms with E-state index >= 15 is 0 Å². The van der Waals surface area contributed by atoms with Crippen LogP contribution < -0.4 is 10.0 Å². The van der Waals surface area contributed by atoms with Gasteiger partial charge in [0.1, 0.15) is 5.82 Å². The summed E-state index contributed by atoms with van der Waals surface area (Å²) in [5.74, 6) is 0.336. The molecule has 2 N–H and O–H groups in total. The molecule has 0 spiro atoms. The van der Waals surface area contributed by atoms with Gasteiger partial charge in [0.25, 0.3) is 10.0 Å². The first-order chi connectivity index (χ1) is 14.5. The lowest BCUT2D eigenvalue weighted by Crippen LogP contribution is -2.38. The van der Waals surface area contributed by atoms with Gasteiger partial charge in [-0.05, 0) is 50.2 Å². The Hall–Kier alpha value is -3.04. The van der Waals surface area contributed by atoms with Crippen molar-refractivity contribution >= 4 is 21.5 Å². The van der Waals surface area contributed by atoms with E-state index in [1.54, 1.807) is 55.0 Å². The number of rotatable bonds is 7. The third-order valence-electron chi connectivity index (χ3n) is 5.16. The zero-order valence-electron chi connectivity index (χ0n) is 16.6. The molecule has 3 heterocycles. The van der Waals surface area contributed by atoms with Crippen LogP contribution in [0, 0.1) is 0 Å². The summed E-state index contributed by atoms with van der Waals surface area (Å²) in [6.45, 7) is 3.09. The Bertz CT molecular complexity index is 1070. The van der Waals surface area contributed by atoms with E-state index in [-0.39, 0.29) is 4.90 Å². The van der Waals surface area contributed by atoms with E-state index in [9.17, 15) is 8.42 Å². The molecule has 2 aromatic heterocycles. The minimum absolute atomic E-state index is 0.222. The van der Waals surface area contributed by atoms with Crippen LogP contribution in [0.3, 0.4) is 0 Å². The van der Waals surface area contributed by atoms with Gasteiger partial charge in [0.15, 0.2) is 0 Å². The van der Waals surface area contributed by atoms with E-state index in [4.69, 9.17) is 5.73 Å². The van der Waals surface area contributed by atoms with Crippen LogP contribution in [0.2, 0.25) is 0 Å². The van der Waals surface area contributed by atoms with E-state index in [0.717, 1.165) is 31.5 Å². The Morgan fingerprint density at radius 1 is 1.00 bits per heavy atom. The van der Waals surface area contributed by atoms with Crippen molar-refractivity contribution in [2.24, 2.45) is 0 Å². The van der Waals surface area contributed by atoms with Gasteiger partial charge in [-0.2, -0.15) is 0 Å². The van der Waals surface area contributed by atoms with Crippen LogP contribution in [0.4, 0.5) is 11.5 Å². The minimum atomic E-state index is -3.74. The molecule has 1 aliphatic heterocycles. The highest BCUT2D eigenvalue weighted by Gasteiger charge is 2.26. The summed E-state index contributed by atoms with van der Waals surface area (Å²) in [6.07, 6.45) is 8.58. The van der Waals surface area contributed by atoms with Gasteiger partial charge in [0.2, 0.25) is 0 Å². The first-order valence-electron chi connectivity index (χ1n) is 9.87. The number of nitrogen functional groups attached to an aromatic ring is 1. The predicted molar refractivity (Wildman–Crippen MR) is 116 cm³/mol. The van der Waals surface area contributed by atoms with Crippen LogP contribution in [-0.2, 0) is 10.0 Å². The van der Waals surface area contributed by atoms with Crippen molar-refractivity contribution in [3.05, 3.63) is 61.2 Å². The Balaban J connectivity index is 1.61. The van der Waals surface area contributed by atoms with E-state index in [2.05, 4.69) is 19.9 Å². The summed E-state index contributed by atoms with van der Waals surface area (Å²) in [6, 6.07) is 10.2. The summed E-state index contributed by atoms with van der Waals surface area (Å²) >= 11 is 0. The fourth-order valence-electron chi connectivity index (χ4n) is 3.54. The van der Waals surface area contributed by atoms with Crippen molar-refractivity contribution < 1.29 is 8.42 Å². The van der Waals surface area contributed by atoms with Crippen LogP contribution >= 0.6 is 0 Å². The van der Waals surface area contributed by atoms with Gasteiger partial charge < -0.3 is 10.6 Å². The normalized spacial score (nSPS) is 14.7. The van der Waals surface area contributed by atoms with Gasteiger partial charge in [-0.1, -0.05) is 12.1 Å². The molecule has 0 aliphatic carbocycles. The van der Waals surface area contributed by atoms with Gasteiger partial charge in [-0.3, -0.25) is 14.3 Å². The highest BCUT2D eigenvalue weighted by molar-refractivity contribution is 7.92. The first kappa shape index (κ1) is 20.2. The second-order valence-corrected chi connectivity index (χ2v) is 9.05. The molecule has 0 amide bonds. The van der Waals surface area contributed by atoms with Crippen LogP contribution in [0.5, 0.6) is 0 Å². The summed E-state index contributed by atoms with van der Waals surface area (Å²) in [5, 5.41) is 0. The van der Waals surface area contributed by atoms with Crippen molar-refractivity contribution in [3.8, 4) is 11.3 Å². The molecule has 3 aromatic rings. The topological polar surface area (TPSA) is 105 Å². The molecular formula is C21H24N6O2S. The summed E-state index contributed by atoms with van der Waals surface area (Å²) < 4.78 is 28.4. The Labute approximate surface area is 176 Å². The van der Waals surface area contributed by atoms with Gasteiger partial charge in [0.05, 0.1) is 34.9 Å². The molecule has 30 heavy (non-hydrogen) atoms. The molecule has 0 saturated carbocycles. The molecule has 156 valence electrons. The lowest BCUT2D eigenvalue weighted by atomic mass is 10.2. The maximum absolute atomic E-state index is 13.5. The maximum atomic E-state index is 13.5. The summed E-state index contributed by atoms with van der Waals surface area (Å²) in [4.78, 5) is 14.9. The van der Waals surface area contributed by atoms with Gasteiger partial charge in [-0.15, -0.1) is 0 Å². The molecule has 8 nitrogen and oxygen atoms in total. The van der Waals surface area contributed by atoms with Gasteiger partial charge in [-0.25, -0.2) is 13.4 Å². The number of nitrogens with zero attached hydrogens (tertiary/aromatic N) is 5. The quantitative estimate of drug-likeness (QED) is 0.621.